The van der Waals surface area contributed by atoms with Crippen LogP contribution in [0.3, 0.4) is 0 Å². The molecule has 0 spiro atoms. The molecule has 0 fully saturated rings. The summed E-state index contributed by atoms with van der Waals surface area (Å²) in [7, 11) is 3.28. The van der Waals surface area contributed by atoms with Gasteiger partial charge in [-0.05, 0) is 84.2 Å². The predicted octanol–water partition coefficient (Wildman–Crippen LogP) is 7.64. The van der Waals surface area contributed by atoms with E-state index in [9.17, 15) is 9.18 Å². The number of fused-ring (bicyclic) bond motifs is 1. The number of halogens is 1. The molecule has 4 aromatic carbocycles. The minimum atomic E-state index is -0.279. The zero-order chi connectivity index (χ0) is 33.2. The Hall–Kier alpha value is -4.20. The van der Waals surface area contributed by atoms with E-state index in [2.05, 4.69) is 72.6 Å². The average Bonchev–Trinajstić information content (AvgIpc) is 3.12. The summed E-state index contributed by atoms with van der Waals surface area (Å²) in [5.74, 6) is 1.10. The molecular formula is C40H48FN3O3. The molecule has 0 aliphatic carbocycles. The smallest absolute Gasteiger partial charge is 0.237 e. The van der Waals surface area contributed by atoms with E-state index in [0.717, 1.165) is 48.8 Å². The third-order valence-corrected chi connectivity index (χ3v) is 9.64. The minimum Gasteiger partial charge on any atom is -0.493 e. The summed E-state index contributed by atoms with van der Waals surface area (Å²) in [6, 6.07) is 31.8. The zero-order valence-corrected chi connectivity index (χ0v) is 28.0. The van der Waals surface area contributed by atoms with Gasteiger partial charge in [0, 0.05) is 31.5 Å². The van der Waals surface area contributed by atoms with Crippen LogP contribution in [-0.2, 0) is 23.1 Å². The molecule has 248 valence electrons. The van der Waals surface area contributed by atoms with E-state index in [-0.39, 0.29) is 23.2 Å². The van der Waals surface area contributed by atoms with Crippen molar-refractivity contribution < 1.29 is 18.7 Å². The van der Waals surface area contributed by atoms with E-state index in [1.807, 2.05) is 17.1 Å². The van der Waals surface area contributed by atoms with Crippen LogP contribution in [0.2, 0.25) is 0 Å². The van der Waals surface area contributed by atoms with E-state index in [1.165, 1.54) is 23.3 Å². The minimum absolute atomic E-state index is 0.0391. The van der Waals surface area contributed by atoms with Gasteiger partial charge in [-0.15, -0.1) is 0 Å². The highest BCUT2D eigenvalue weighted by Crippen LogP contribution is 2.42. The van der Waals surface area contributed by atoms with Crippen LogP contribution in [0.5, 0.6) is 11.5 Å². The van der Waals surface area contributed by atoms with Gasteiger partial charge in [-0.2, -0.15) is 0 Å². The molecule has 1 heterocycles. The zero-order valence-electron chi connectivity index (χ0n) is 28.0. The second kappa shape index (κ2) is 16.1. The number of amides is 1. The maximum atomic E-state index is 14.2. The summed E-state index contributed by atoms with van der Waals surface area (Å²) < 4.78 is 24.8. The van der Waals surface area contributed by atoms with E-state index < -0.39 is 0 Å². The summed E-state index contributed by atoms with van der Waals surface area (Å²) in [6.07, 6.45) is 5.33. The van der Waals surface area contributed by atoms with Gasteiger partial charge in [0.15, 0.2) is 11.5 Å². The third kappa shape index (κ3) is 7.69. The maximum absolute atomic E-state index is 14.2. The molecular weight excluding hydrogens is 589 g/mol. The van der Waals surface area contributed by atoms with Gasteiger partial charge in [-0.1, -0.05) is 86.1 Å². The largest absolute Gasteiger partial charge is 0.493 e. The van der Waals surface area contributed by atoms with Crippen LogP contribution in [0.15, 0.2) is 97.1 Å². The number of nitrogens with two attached hydrogens (primary N) is 1. The van der Waals surface area contributed by atoms with Crippen LogP contribution in [0, 0.1) is 5.82 Å². The number of aryl methyl sites for hydroxylation is 1. The molecule has 0 bridgehead atoms. The summed E-state index contributed by atoms with van der Waals surface area (Å²) in [5, 5.41) is 4.13. The van der Waals surface area contributed by atoms with Crippen LogP contribution in [0.25, 0.3) is 0 Å². The SMILES string of the molecule is CCCC(CCCN(C(=O)CCc1ccc(F)cc1)N1CCc2cc(OC)c(OC)cc2C1CN)(c1ccccc1)c1ccccc1. The van der Waals surface area contributed by atoms with Gasteiger partial charge in [-0.25, -0.2) is 9.40 Å². The normalized spacial score (nSPS) is 14.8. The first kappa shape index (κ1) is 34.1. The maximum Gasteiger partial charge on any atom is 0.237 e. The van der Waals surface area contributed by atoms with E-state index in [4.69, 9.17) is 15.2 Å². The number of carbonyl (C=O) groups excluding carboxylic acids is 1. The summed E-state index contributed by atoms with van der Waals surface area (Å²) in [5.41, 5.74) is 12.1. The first-order valence-electron chi connectivity index (χ1n) is 16.8. The van der Waals surface area contributed by atoms with Crippen molar-refractivity contribution in [3.05, 3.63) is 131 Å². The summed E-state index contributed by atoms with van der Waals surface area (Å²) in [4.78, 5) is 14.2. The third-order valence-electron chi connectivity index (χ3n) is 9.64. The molecule has 1 atom stereocenters. The Morgan fingerprint density at radius 2 is 1.53 bits per heavy atom. The Balaban J connectivity index is 1.46. The lowest BCUT2D eigenvalue weighted by molar-refractivity contribution is -0.155. The highest BCUT2D eigenvalue weighted by molar-refractivity contribution is 5.76. The molecule has 2 N–H and O–H groups in total. The molecule has 6 nitrogen and oxygen atoms in total. The van der Waals surface area contributed by atoms with Crippen molar-refractivity contribution in [2.24, 2.45) is 5.73 Å². The van der Waals surface area contributed by atoms with E-state index in [0.29, 0.717) is 44.0 Å². The fraction of sp³-hybridized carbons (Fsp3) is 0.375. The number of nitrogens with zero attached hydrogens (tertiary/aromatic N) is 2. The van der Waals surface area contributed by atoms with Crippen molar-refractivity contribution in [3.8, 4) is 11.5 Å². The number of rotatable bonds is 15. The van der Waals surface area contributed by atoms with Crippen molar-refractivity contribution in [2.75, 3.05) is 33.9 Å². The van der Waals surface area contributed by atoms with Crippen LogP contribution in [-0.4, -0.2) is 49.8 Å². The molecule has 47 heavy (non-hydrogen) atoms. The number of carbonyl (C=O) groups is 1. The molecule has 1 unspecified atom stereocenters. The summed E-state index contributed by atoms with van der Waals surface area (Å²) in [6.45, 7) is 3.81. The van der Waals surface area contributed by atoms with Crippen molar-refractivity contribution in [2.45, 2.75) is 63.3 Å². The van der Waals surface area contributed by atoms with Crippen LogP contribution < -0.4 is 15.2 Å². The standard InChI is InChI=1S/C40H48FN3O3/c1-4-23-40(32-12-7-5-8-13-32,33-14-9-6-10-15-33)24-11-25-44(39(45)21-18-30-16-19-34(41)20-17-30)43-26-22-31-27-37(46-2)38(47-3)28-35(31)36(43)29-42/h5-10,12-17,19-20,27-28,36H,4,11,18,21-26,29,42H2,1-3H3. The number of ether oxygens (including phenoxy) is 2. The van der Waals surface area contributed by atoms with Gasteiger partial charge < -0.3 is 15.2 Å². The monoisotopic (exact) mass is 637 g/mol. The molecule has 7 heteroatoms. The molecule has 0 radical (unpaired) electrons. The second-order valence-electron chi connectivity index (χ2n) is 12.4. The average molecular weight is 638 g/mol. The van der Waals surface area contributed by atoms with Crippen LogP contribution in [0.1, 0.15) is 72.9 Å². The lowest BCUT2D eigenvalue weighted by atomic mass is 9.68. The van der Waals surface area contributed by atoms with Crippen molar-refractivity contribution in [3.63, 3.8) is 0 Å². The Morgan fingerprint density at radius 3 is 2.11 bits per heavy atom. The van der Waals surface area contributed by atoms with Gasteiger partial charge in [-0.3, -0.25) is 9.80 Å². The number of methoxy groups -OCH3 is 2. The van der Waals surface area contributed by atoms with E-state index >= 15 is 0 Å². The Bertz CT molecular complexity index is 1540. The lowest BCUT2D eigenvalue weighted by Crippen LogP contribution is -2.53. The highest BCUT2D eigenvalue weighted by Gasteiger charge is 2.36. The number of hydrogen-bond donors (Lipinski definition) is 1. The van der Waals surface area contributed by atoms with E-state index in [1.54, 1.807) is 26.4 Å². The molecule has 1 aliphatic heterocycles. The van der Waals surface area contributed by atoms with Gasteiger partial charge in [0.05, 0.1) is 20.3 Å². The number of hydrazine groups is 1. The molecule has 1 amide bonds. The summed E-state index contributed by atoms with van der Waals surface area (Å²) >= 11 is 0. The highest BCUT2D eigenvalue weighted by atomic mass is 19.1. The molecule has 0 saturated carbocycles. The first-order chi connectivity index (χ1) is 22.9. The van der Waals surface area contributed by atoms with Crippen molar-refractivity contribution >= 4 is 5.91 Å². The Labute approximate surface area is 279 Å². The molecule has 0 saturated heterocycles. The van der Waals surface area contributed by atoms with Gasteiger partial charge >= 0.3 is 0 Å². The fourth-order valence-corrected chi connectivity index (χ4v) is 7.32. The Morgan fingerprint density at radius 1 is 0.915 bits per heavy atom. The number of hydrogen-bond acceptors (Lipinski definition) is 5. The second-order valence-corrected chi connectivity index (χ2v) is 12.4. The predicted molar refractivity (Wildman–Crippen MR) is 186 cm³/mol. The van der Waals surface area contributed by atoms with Crippen molar-refractivity contribution in [1.82, 2.24) is 10.0 Å². The van der Waals surface area contributed by atoms with Gasteiger partial charge in [0.25, 0.3) is 0 Å². The topological polar surface area (TPSA) is 68.0 Å². The van der Waals surface area contributed by atoms with Crippen molar-refractivity contribution in [1.29, 1.82) is 0 Å². The quantitative estimate of drug-likeness (QED) is 0.145. The first-order valence-corrected chi connectivity index (χ1v) is 16.8. The van der Waals surface area contributed by atoms with Crippen LogP contribution in [0.4, 0.5) is 4.39 Å². The number of benzene rings is 4. The molecule has 5 rings (SSSR count). The Kier molecular flexibility index (Phi) is 11.7. The lowest BCUT2D eigenvalue weighted by Gasteiger charge is -2.44. The van der Waals surface area contributed by atoms with Gasteiger partial charge in [0.1, 0.15) is 5.82 Å². The van der Waals surface area contributed by atoms with Gasteiger partial charge in [0.2, 0.25) is 5.91 Å². The molecule has 1 aliphatic rings. The molecule has 0 aromatic heterocycles. The molecule has 4 aromatic rings. The van der Waals surface area contributed by atoms with Crippen LogP contribution >= 0.6 is 0 Å². The fourth-order valence-electron chi connectivity index (χ4n) is 7.32.